The van der Waals surface area contributed by atoms with E-state index in [0.29, 0.717) is 13.0 Å². The summed E-state index contributed by atoms with van der Waals surface area (Å²) in [6, 6.07) is 16.2. The molecule has 142 valence electrons. The summed E-state index contributed by atoms with van der Waals surface area (Å²) in [7, 11) is 1.89. The normalized spacial score (nSPS) is 11.3. The van der Waals surface area contributed by atoms with Crippen LogP contribution in [0.25, 0.3) is 0 Å². The molecule has 0 saturated carbocycles. The molecule has 2 aromatic carbocycles. The van der Waals surface area contributed by atoms with Gasteiger partial charge < -0.3 is 15.4 Å². The molecule has 0 aliphatic carbocycles. The minimum Gasteiger partial charge on any atom is -0.489 e. The maximum absolute atomic E-state index is 11.9. The van der Waals surface area contributed by atoms with Gasteiger partial charge in [-0.1, -0.05) is 42.0 Å². The van der Waals surface area contributed by atoms with Gasteiger partial charge in [-0.25, -0.2) is 0 Å². The number of carbonyl (C=O) groups excluding carboxylic acids is 1. The highest BCUT2D eigenvalue weighted by atomic mass is 35.5. The molecule has 2 aromatic rings. The molecule has 0 fully saturated rings. The summed E-state index contributed by atoms with van der Waals surface area (Å²) in [6.45, 7) is 5.48. The molecule has 0 saturated heterocycles. The molecule has 2 N–H and O–H groups in total. The Bertz CT molecular complexity index is 674. The predicted molar refractivity (Wildman–Crippen MR) is 109 cm³/mol. The topological polar surface area (TPSA) is 50.4 Å². The van der Waals surface area contributed by atoms with Crippen LogP contribution < -0.4 is 15.4 Å². The van der Waals surface area contributed by atoms with Gasteiger partial charge in [-0.15, -0.1) is 12.4 Å². The van der Waals surface area contributed by atoms with Gasteiger partial charge in [0, 0.05) is 6.42 Å². The van der Waals surface area contributed by atoms with Crippen LogP contribution in [0.15, 0.2) is 48.5 Å². The van der Waals surface area contributed by atoms with E-state index in [1.165, 1.54) is 5.56 Å². The van der Waals surface area contributed by atoms with Crippen molar-refractivity contribution in [2.75, 3.05) is 13.6 Å². The summed E-state index contributed by atoms with van der Waals surface area (Å²) in [4.78, 5) is 11.9. The van der Waals surface area contributed by atoms with Crippen molar-refractivity contribution in [3.05, 3.63) is 65.2 Å². The van der Waals surface area contributed by atoms with E-state index in [1.807, 2.05) is 44.3 Å². The molecule has 0 spiro atoms. The number of nitrogens with one attached hydrogen (secondary N) is 2. The number of hydrogen-bond donors (Lipinski definition) is 2. The maximum Gasteiger partial charge on any atom is 0.220 e. The molecule has 1 amide bonds. The third-order valence-electron chi connectivity index (χ3n) is 4.08. The van der Waals surface area contributed by atoms with Crippen LogP contribution in [0.1, 0.15) is 42.5 Å². The van der Waals surface area contributed by atoms with Crippen molar-refractivity contribution < 1.29 is 9.53 Å². The van der Waals surface area contributed by atoms with Crippen LogP contribution in [-0.2, 0) is 11.4 Å². The number of aryl methyl sites for hydroxylation is 1. The van der Waals surface area contributed by atoms with E-state index in [-0.39, 0.29) is 24.4 Å². The number of ether oxygens (including phenoxy) is 1. The van der Waals surface area contributed by atoms with Crippen molar-refractivity contribution in [3.63, 3.8) is 0 Å². The number of rotatable bonds is 9. The Balaban J connectivity index is 0.00000338. The van der Waals surface area contributed by atoms with E-state index in [2.05, 4.69) is 35.8 Å². The van der Waals surface area contributed by atoms with E-state index < -0.39 is 0 Å². The molecule has 1 unspecified atom stereocenters. The van der Waals surface area contributed by atoms with Gasteiger partial charge in [-0.2, -0.15) is 0 Å². The SMILES string of the molecule is CNCCCC(=O)NC(C)c1ccc(OCc2cccc(C)c2)cc1.Cl. The monoisotopic (exact) mass is 376 g/mol. The van der Waals surface area contributed by atoms with E-state index in [4.69, 9.17) is 4.74 Å². The summed E-state index contributed by atoms with van der Waals surface area (Å²) in [5.41, 5.74) is 3.46. The minimum absolute atomic E-state index is 0. The first-order valence-electron chi connectivity index (χ1n) is 8.81. The molecule has 0 aliphatic rings. The van der Waals surface area contributed by atoms with E-state index in [9.17, 15) is 4.79 Å². The minimum atomic E-state index is -0.00657. The number of hydrogen-bond acceptors (Lipinski definition) is 3. The first-order valence-corrected chi connectivity index (χ1v) is 8.81. The van der Waals surface area contributed by atoms with Crippen LogP contribution in [-0.4, -0.2) is 19.5 Å². The van der Waals surface area contributed by atoms with Crippen LogP contribution in [0, 0.1) is 6.92 Å². The van der Waals surface area contributed by atoms with Crippen LogP contribution in [0.2, 0.25) is 0 Å². The van der Waals surface area contributed by atoms with E-state index in [0.717, 1.165) is 29.8 Å². The highest BCUT2D eigenvalue weighted by molar-refractivity contribution is 5.85. The predicted octanol–water partition coefficient (Wildman–Crippen LogP) is 4.17. The van der Waals surface area contributed by atoms with Gasteiger partial charge in [-0.3, -0.25) is 4.79 Å². The van der Waals surface area contributed by atoms with Gasteiger partial charge in [0.25, 0.3) is 0 Å². The van der Waals surface area contributed by atoms with Crippen LogP contribution in [0.3, 0.4) is 0 Å². The Kier molecular flexibility index (Phi) is 9.78. The fourth-order valence-corrected chi connectivity index (χ4v) is 2.64. The van der Waals surface area contributed by atoms with Crippen molar-refractivity contribution in [1.29, 1.82) is 0 Å². The van der Waals surface area contributed by atoms with Crippen molar-refractivity contribution >= 4 is 18.3 Å². The first kappa shape index (κ1) is 22.0. The average Bonchev–Trinajstić information content (AvgIpc) is 2.60. The Hall–Kier alpha value is -2.04. The second-order valence-electron chi connectivity index (χ2n) is 6.34. The maximum atomic E-state index is 11.9. The highest BCUT2D eigenvalue weighted by Crippen LogP contribution is 2.19. The lowest BCUT2D eigenvalue weighted by atomic mass is 10.1. The highest BCUT2D eigenvalue weighted by Gasteiger charge is 2.09. The first-order chi connectivity index (χ1) is 12.1. The average molecular weight is 377 g/mol. The summed E-state index contributed by atoms with van der Waals surface area (Å²) in [5.74, 6) is 0.917. The zero-order valence-electron chi connectivity index (χ0n) is 15.7. The van der Waals surface area contributed by atoms with Gasteiger partial charge in [0.2, 0.25) is 5.91 Å². The van der Waals surface area contributed by atoms with Crippen molar-refractivity contribution in [2.24, 2.45) is 0 Å². The standard InChI is InChI=1S/C21H28N2O2.ClH/c1-16-6-4-7-18(14-16)15-25-20-11-9-19(10-12-20)17(2)23-21(24)8-5-13-22-3;/h4,6-7,9-12,14,17,22H,5,8,13,15H2,1-3H3,(H,23,24);1H. The lowest BCUT2D eigenvalue weighted by Crippen LogP contribution is -2.27. The molecular formula is C21H29ClN2O2. The fourth-order valence-electron chi connectivity index (χ4n) is 2.64. The molecule has 5 heteroatoms. The molecule has 26 heavy (non-hydrogen) atoms. The quantitative estimate of drug-likeness (QED) is 0.646. The molecular weight excluding hydrogens is 348 g/mol. The van der Waals surface area contributed by atoms with E-state index in [1.54, 1.807) is 0 Å². The summed E-state index contributed by atoms with van der Waals surface area (Å²) in [5, 5.41) is 6.08. The van der Waals surface area contributed by atoms with Gasteiger partial charge >= 0.3 is 0 Å². The largest absolute Gasteiger partial charge is 0.489 e. The second-order valence-corrected chi connectivity index (χ2v) is 6.34. The molecule has 0 aromatic heterocycles. The van der Waals surface area contributed by atoms with E-state index >= 15 is 0 Å². The molecule has 2 rings (SSSR count). The Morgan fingerprint density at radius 3 is 2.54 bits per heavy atom. The van der Waals surface area contributed by atoms with Crippen molar-refractivity contribution in [2.45, 2.75) is 39.3 Å². The third-order valence-corrected chi connectivity index (χ3v) is 4.08. The number of amides is 1. The van der Waals surface area contributed by atoms with Crippen molar-refractivity contribution in [1.82, 2.24) is 10.6 Å². The molecule has 4 nitrogen and oxygen atoms in total. The summed E-state index contributed by atoms with van der Waals surface area (Å²) >= 11 is 0. The number of carbonyl (C=O) groups is 1. The smallest absolute Gasteiger partial charge is 0.220 e. The zero-order valence-corrected chi connectivity index (χ0v) is 16.6. The number of benzene rings is 2. The Morgan fingerprint density at radius 2 is 1.88 bits per heavy atom. The lowest BCUT2D eigenvalue weighted by Gasteiger charge is -2.15. The second kappa shape index (κ2) is 11.6. The van der Waals surface area contributed by atoms with Crippen LogP contribution in [0.5, 0.6) is 5.75 Å². The lowest BCUT2D eigenvalue weighted by molar-refractivity contribution is -0.121. The van der Waals surface area contributed by atoms with Gasteiger partial charge in [0.1, 0.15) is 12.4 Å². The Labute approximate surface area is 162 Å². The van der Waals surface area contributed by atoms with Gasteiger partial charge in [-0.05, 0) is 57.1 Å². The van der Waals surface area contributed by atoms with Gasteiger partial charge in [0.15, 0.2) is 0 Å². The molecule has 0 radical (unpaired) electrons. The zero-order chi connectivity index (χ0) is 18.1. The van der Waals surface area contributed by atoms with Gasteiger partial charge in [0.05, 0.1) is 6.04 Å². The third kappa shape index (κ3) is 7.46. The van der Waals surface area contributed by atoms with Crippen LogP contribution >= 0.6 is 12.4 Å². The molecule has 0 bridgehead atoms. The molecule has 1 atom stereocenters. The molecule has 0 heterocycles. The molecule has 0 aliphatic heterocycles. The summed E-state index contributed by atoms with van der Waals surface area (Å²) in [6.07, 6.45) is 1.39. The van der Waals surface area contributed by atoms with Crippen molar-refractivity contribution in [3.8, 4) is 5.75 Å². The van der Waals surface area contributed by atoms with Crippen LogP contribution in [0.4, 0.5) is 0 Å². The summed E-state index contributed by atoms with van der Waals surface area (Å²) < 4.78 is 5.83. The fraction of sp³-hybridized carbons (Fsp3) is 0.381. The number of halogens is 1. The Morgan fingerprint density at radius 1 is 1.15 bits per heavy atom.